The topological polar surface area (TPSA) is 133 Å². The van der Waals surface area contributed by atoms with E-state index in [2.05, 4.69) is 20.2 Å². The third-order valence-electron chi connectivity index (χ3n) is 5.56. The van der Waals surface area contributed by atoms with Crippen LogP contribution in [0.1, 0.15) is 29.7 Å². The second-order valence-electron chi connectivity index (χ2n) is 8.05. The monoisotopic (exact) mass is 524 g/mol. The maximum absolute atomic E-state index is 13.4. The summed E-state index contributed by atoms with van der Waals surface area (Å²) in [6.07, 6.45) is 1.63. The summed E-state index contributed by atoms with van der Waals surface area (Å²) in [5.74, 6) is 1.17. The van der Waals surface area contributed by atoms with E-state index in [1.54, 1.807) is 41.8 Å². The van der Waals surface area contributed by atoms with Crippen molar-refractivity contribution in [2.75, 3.05) is 14.2 Å². The van der Waals surface area contributed by atoms with Crippen LogP contribution in [0, 0.1) is 18.3 Å². The van der Waals surface area contributed by atoms with Crippen LogP contribution in [-0.4, -0.2) is 52.6 Å². The Morgan fingerprint density at radius 3 is 2.42 bits per heavy atom. The molecule has 12 heteroatoms. The summed E-state index contributed by atoms with van der Waals surface area (Å²) in [5, 5.41) is 19.3. The van der Waals surface area contributed by atoms with E-state index in [1.165, 1.54) is 31.8 Å². The van der Waals surface area contributed by atoms with Crippen molar-refractivity contribution >= 4 is 21.2 Å². The van der Waals surface area contributed by atoms with Crippen molar-refractivity contribution in [1.82, 2.24) is 24.7 Å². The average molecular weight is 525 g/mol. The molecule has 0 amide bonds. The van der Waals surface area contributed by atoms with Crippen molar-refractivity contribution in [1.29, 1.82) is 5.26 Å². The number of ether oxygens (including phenoxy) is 2. The average Bonchev–Trinajstić information content (AvgIpc) is 3.49. The van der Waals surface area contributed by atoms with Crippen molar-refractivity contribution in [2.24, 2.45) is 0 Å². The molecular weight excluding hydrogens is 500 g/mol. The molecule has 0 saturated heterocycles. The van der Waals surface area contributed by atoms with Crippen LogP contribution < -0.4 is 9.47 Å². The van der Waals surface area contributed by atoms with Gasteiger partial charge in [-0.3, -0.25) is 9.55 Å². The Balaban J connectivity index is 1.77. The molecular formula is C24H24N6O4S2. The molecule has 3 heterocycles. The molecule has 1 atom stereocenters. The number of nitriles is 1. The van der Waals surface area contributed by atoms with Gasteiger partial charge in [-0.25, -0.2) is 13.4 Å². The number of aryl methyl sites for hydroxylation is 1. The molecule has 0 N–H and O–H groups in total. The highest BCUT2D eigenvalue weighted by Crippen LogP contribution is 2.37. The molecule has 1 aromatic carbocycles. The Hall–Kier alpha value is -3.82. The van der Waals surface area contributed by atoms with Crippen LogP contribution >= 0.6 is 11.3 Å². The number of methoxy groups -OCH3 is 2. The number of sulfone groups is 1. The highest BCUT2D eigenvalue weighted by Gasteiger charge is 2.29. The van der Waals surface area contributed by atoms with Crippen molar-refractivity contribution in [3.63, 3.8) is 0 Å². The predicted molar refractivity (Wildman–Crippen MR) is 135 cm³/mol. The molecule has 0 aliphatic carbocycles. The SMILES string of the molecule is COc1cccc(OC)c1-n1c(CS(=O)(=O)[C@@H](C)Cc2ccc(C#N)cn2)nnc1-c1nc(C)cs1. The highest BCUT2D eigenvalue weighted by atomic mass is 32.2. The van der Waals surface area contributed by atoms with E-state index in [4.69, 9.17) is 14.7 Å². The number of rotatable bonds is 9. The molecule has 0 fully saturated rings. The first-order chi connectivity index (χ1) is 17.3. The number of thiazole rings is 1. The number of hydrogen-bond acceptors (Lipinski definition) is 10. The largest absolute Gasteiger partial charge is 0.494 e. The minimum absolute atomic E-state index is 0.193. The number of aromatic nitrogens is 5. The van der Waals surface area contributed by atoms with E-state index in [-0.39, 0.29) is 18.0 Å². The second-order valence-corrected chi connectivity index (χ2v) is 11.3. The Morgan fingerprint density at radius 1 is 1.14 bits per heavy atom. The van der Waals surface area contributed by atoms with Gasteiger partial charge in [0.1, 0.15) is 29.0 Å². The lowest BCUT2D eigenvalue weighted by atomic mass is 10.2. The third-order valence-corrected chi connectivity index (χ3v) is 8.57. The van der Waals surface area contributed by atoms with Crippen LogP contribution in [0.15, 0.2) is 41.9 Å². The van der Waals surface area contributed by atoms with Crippen molar-refractivity contribution in [3.8, 4) is 34.1 Å². The number of nitrogens with zero attached hydrogens (tertiary/aromatic N) is 6. The fourth-order valence-corrected chi connectivity index (χ4v) is 5.67. The van der Waals surface area contributed by atoms with E-state index >= 15 is 0 Å². The van der Waals surface area contributed by atoms with Crippen LogP contribution in [0.2, 0.25) is 0 Å². The highest BCUT2D eigenvalue weighted by molar-refractivity contribution is 7.91. The molecule has 0 aliphatic heterocycles. The minimum atomic E-state index is -3.69. The Morgan fingerprint density at radius 2 is 1.86 bits per heavy atom. The van der Waals surface area contributed by atoms with Gasteiger partial charge in [-0.2, -0.15) is 5.26 Å². The molecule has 10 nitrogen and oxygen atoms in total. The molecule has 0 spiro atoms. The first-order valence-electron chi connectivity index (χ1n) is 10.9. The van der Waals surface area contributed by atoms with Crippen molar-refractivity contribution < 1.29 is 17.9 Å². The van der Waals surface area contributed by atoms with Gasteiger partial charge in [0.15, 0.2) is 26.5 Å². The van der Waals surface area contributed by atoms with Crippen LogP contribution in [0.3, 0.4) is 0 Å². The fourth-order valence-electron chi connectivity index (χ4n) is 3.65. The summed E-state index contributed by atoms with van der Waals surface area (Å²) in [6.45, 7) is 3.50. The molecule has 0 bridgehead atoms. The van der Waals surface area contributed by atoms with Gasteiger partial charge in [-0.05, 0) is 38.1 Å². The maximum Gasteiger partial charge on any atom is 0.197 e. The summed E-state index contributed by atoms with van der Waals surface area (Å²) < 4.78 is 39.7. The number of para-hydroxylation sites is 1. The number of benzene rings is 1. The lowest BCUT2D eigenvalue weighted by Crippen LogP contribution is -2.24. The number of hydrogen-bond donors (Lipinski definition) is 0. The minimum Gasteiger partial charge on any atom is -0.494 e. The van der Waals surface area contributed by atoms with E-state index < -0.39 is 15.1 Å². The molecule has 0 unspecified atom stereocenters. The van der Waals surface area contributed by atoms with Gasteiger partial charge in [-0.1, -0.05) is 6.07 Å². The van der Waals surface area contributed by atoms with Gasteiger partial charge < -0.3 is 9.47 Å². The zero-order valence-corrected chi connectivity index (χ0v) is 21.8. The van der Waals surface area contributed by atoms with Crippen LogP contribution in [0.5, 0.6) is 11.5 Å². The summed E-state index contributed by atoms with van der Waals surface area (Å²) in [4.78, 5) is 8.73. The van der Waals surface area contributed by atoms with Gasteiger partial charge in [-0.15, -0.1) is 21.5 Å². The lowest BCUT2D eigenvalue weighted by Gasteiger charge is -2.18. The summed E-state index contributed by atoms with van der Waals surface area (Å²) >= 11 is 1.38. The van der Waals surface area contributed by atoms with Gasteiger partial charge in [0, 0.05) is 29.4 Å². The third kappa shape index (κ3) is 5.07. The van der Waals surface area contributed by atoms with Crippen LogP contribution in [-0.2, 0) is 22.0 Å². The first-order valence-corrected chi connectivity index (χ1v) is 13.5. The fraction of sp³-hybridized carbons (Fsp3) is 0.292. The Kier molecular flexibility index (Phi) is 7.32. The standard InChI is InChI=1S/C24H24N6O4S2/c1-15-13-35-24(27-15)23-29-28-21(30(23)22-19(33-3)6-5-7-20(22)34-4)14-36(31,32)16(2)10-18-9-8-17(11-25)12-26-18/h5-9,12-13,16H,10,14H2,1-4H3/t16-/m0/s1. The van der Waals surface area contributed by atoms with E-state index in [9.17, 15) is 8.42 Å². The maximum atomic E-state index is 13.4. The van der Waals surface area contributed by atoms with Gasteiger partial charge in [0.2, 0.25) is 0 Å². The molecule has 3 aromatic heterocycles. The van der Waals surface area contributed by atoms with Gasteiger partial charge >= 0.3 is 0 Å². The normalized spacial score (nSPS) is 12.2. The molecule has 0 radical (unpaired) electrons. The van der Waals surface area contributed by atoms with Crippen LogP contribution in [0.4, 0.5) is 0 Å². The van der Waals surface area contributed by atoms with Gasteiger partial charge in [0.25, 0.3) is 0 Å². The smallest absolute Gasteiger partial charge is 0.197 e. The lowest BCUT2D eigenvalue weighted by molar-refractivity contribution is 0.391. The molecule has 0 saturated carbocycles. The van der Waals surface area contributed by atoms with Crippen LogP contribution in [0.25, 0.3) is 16.5 Å². The predicted octanol–water partition coefficient (Wildman–Crippen LogP) is 3.53. The quantitative estimate of drug-likeness (QED) is 0.322. The van der Waals surface area contributed by atoms with Crippen molar-refractivity contribution in [2.45, 2.75) is 31.3 Å². The first kappa shape index (κ1) is 25.3. The molecule has 4 rings (SSSR count). The zero-order chi connectivity index (χ0) is 25.9. The van der Waals surface area contributed by atoms with E-state index in [0.717, 1.165) is 5.69 Å². The van der Waals surface area contributed by atoms with E-state index in [1.807, 2.05) is 18.4 Å². The summed E-state index contributed by atoms with van der Waals surface area (Å²) in [7, 11) is -0.634. The second kappa shape index (κ2) is 10.4. The molecule has 186 valence electrons. The molecule has 36 heavy (non-hydrogen) atoms. The molecule has 0 aliphatic rings. The molecule has 4 aromatic rings. The zero-order valence-electron chi connectivity index (χ0n) is 20.2. The summed E-state index contributed by atoms with van der Waals surface area (Å²) in [6, 6.07) is 10.6. The Labute approximate surface area is 213 Å². The van der Waals surface area contributed by atoms with E-state index in [0.29, 0.717) is 39.3 Å². The Bertz CT molecular complexity index is 1500. The summed E-state index contributed by atoms with van der Waals surface area (Å²) in [5.41, 5.74) is 2.30. The van der Waals surface area contributed by atoms with Crippen molar-refractivity contribution in [3.05, 3.63) is 64.7 Å². The number of pyridine rings is 1. The van der Waals surface area contributed by atoms with Gasteiger partial charge in [0.05, 0.1) is 25.0 Å².